The Balaban J connectivity index is 0.00000676. The van der Waals surface area contributed by atoms with Gasteiger partial charge in [0, 0.05) is 31.7 Å². The van der Waals surface area contributed by atoms with Gasteiger partial charge in [-0.25, -0.2) is 12.7 Å². The van der Waals surface area contributed by atoms with Gasteiger partial charge in [-0.3, -0.25) is 9.89 Å². The predicted molar refractivity (Wildman–Crippen MR) is 126 cm³/mol. The van der Waals surface area contributed by atoms with Crippen LogP contribution in [0.2, 0.25) is 0 Å². The minimum Gasteiger partial charge on any atom is -0.357 e. The Kier molecular flexibility index (Phi) is 13.1. The molecule has 0 aromatic rings. The van der Waals surface area contributed by atoms with Crippen LogP contribution in [0.4, 0.5) is 0 Å². The molecule has 1 aliphatic rings. The van der Waals surface area contributed by atoms with Gasteiger partial charge in [0.1, 0.15) is 0 Å². The topological polar surface area (TPSA) is 77.0 Å². The van der Waals surface area contributed by atoms with Gasteiger partial charge in [-0.15, -0.1) is 24.0 Å². The zero-order chi connectivity index (χ0) is 19.6. The maximum absolute atomic E-state index is 11.6. The number of nitrogens with zero attached hydrogens (tertiary/aromatic N) is 3. The molecular weight excluding hydrogens is 477 g/mol. The minimum absolute atomic E-state index is 0. The summed E-state index contributed by atoms with van der Waals surface area (Å²) in [5.41, 5.74) is 0.0536. The van der Waals surface area contributed by atoms with Crippen LogP contribution >= 0.6 is 24.0 Å². The van der Waals surface area contributed by atoms with Crippen molar-refractivity contribution in [3.63, 3.8) is 0 Å². The third-order valence-corrected chi connectivity index (χ3v) is 6.26. The molecule has 0 bridgehead atoms. The summed E-state index contributed by atoms with van der Waals surface area (Å²) in [6.07, 6.45) is 5.90. The summed E-state index contributed by atoms with van der Waals surface area (Å²) < 4.78 is 24.7. The van der Waals surface area contributed by atoms with Crippen molar-refractivity contribution in [2.24, 2.45) is 4.99 Å². The number of sulfonamides is 1. The number of likely N-dealkylation sites (tertiary alicyclic amines) is 1. The van der Waals surface area contributed by atoms with Crippen molar-refractivity contribution in [2.45, 2.75) is 58.9 Å². The fourth-order valence-corrected chi connectivity index (χ4v) is 4.16. The van der Waals surface area contributed by atoms with Crippen molar-refractivity contribution in [3.8, 4) is 0 Å². The highest BCUT2D eigenvalue weighted by Gasteiger charge is 2.27. The highest BCUT2D eigenvalue weighted by atomic mass is 127. The number of halogens is 1. The second-order valence-electron chi connectivity index (χ2n) is 7.59. The standard InChI is InChI=1S/C18H39N5O2S.HI/c1-6-19-17(20-12-11-15-23(7-2)26(5,24)25)21-16-18(3,4)22-13-9-8-10-14-22;/h6-16H2,1-5H3,(H2,19,20,21);1H. The Morgan fingerprint density at radius 2 is 1.78 bits per heavy atom. The van der Waals surface area contributed by atoms with Gasteiger partial charge < -0.3 is 10.6 Å². The molecule has 0 aliphatic carbocycles. The number of aliphatic imine (C=N–C) groups is 1. The van der Waals surface area contributed by atoms with Crippen molar-refractivity contribution >= 4 is 40.0 Å². The lowest BCUT2D eigenvalue weighted by Gasteiger charge is -2.40. The summed E-state index contributed by atoms with van der Waals surface area (Å²) in [7, 11) is -3.11. The zero-order valence-corrected chi connectivity index (χ0v) is 20.9. The van der Waals surface area contributed by atoms with Crippen molar-refractivity contribution < 1.29 is 8.42 Å². The molecule has 0 radical (unpaired) electrons. The molecule has 0 spiro atoms. The van der Waals surface area contributed by atoms with Crippen molar-refractivity contribution in [2.75, 3.05) is 52.1 Å². The molecule has 7 nitrogen and oxygen atoms in total. The normalized spacial score (nSPS) is 16.9. The van der Waals surface area contributed by atoms with Crippen molar-refractivity contribution in [3.05, 3.63) is 0 Å². The van der Waals surface area contributed by atoms with Crippen LogP contribution in [0, 0.1) is 0 Å². The van der Waals surface area contributed by atoms with Crippen LogP contribution in [0.15, 0.2) is 4.99 Å². The van der Waals surface area contributed by atoms with E-state index in [-0.39, 0.29) is 29.5 Å². The first kappa shape index (κ1) is 26.9. The summed E-state index contributed by atoms with van der Waals surface area (Å²) in [4.78, 5) is 7.30. The molecule has 0 saturated carbocycles. The van der Waals surface area contributed by atoms with Crippen LogP contribution in [0.3, 0.4) is 0 Å². The first-order chi connectivity index (χ1) is 12.2. The van der Waals surface area contributed by atoms with E-state index in [2.05, 4.69) is 36.3 Å². The fraction of sp³-hybridized carbons (Fsp3) is 0.944. The van der Waals surface area contributed by atoms with Crippen molar-refractivity contribution in [1.82, 2.24) is 19.8 Å². The summed E-state index contributed by atoms with van der Waals surface area (Å²) in [6.45, 7) is 14.0. The van der Waals surface area contributed by atoms with Gasteiger partial charge in [0.05, 0.1) is 12.8 Å². The van der Waals surface area contributed by atoms with Gasteiger partial charge in [0.25, 0.3) is 0 Å². The molecule has 162 valence electrons. The molecule has 0 aromatic heterocycles. The number of nitrogens with one attached hydrogen (secondary N) is 2. The lowest BCUT2D eigenvalue weighted by molar-refractivity contribution is 0.102. The summed E-state index contributed by atoms with van der Waals surface area (Å²) in [5.74, 6) is 0.806. The number of guanidine groups is 1. The SMILES string of the molecule is CCNC(=NCC(C)(C)N1CCCCC1)NCCCN(CC)S(C)(=O)=O.I. The molecule has 1 aliphatic heterocycles. The van der Waals surface area contributed by atoms with Crippen LogP contribution in [0.5, 0.6) is 0 Å². The van der Waals surface area contributed by atoms with Crippen molar-refractivity contribution in [1.29, 1.82) is 0 Å². The molecule has 2 N–H and O–H groups in total. The average Bonchev–Trinajstić information content (AvgIpc) is 2.59. The Bertz CT molecular complexity index is 534. The molecule has 27 heavy (non-hydrogen) atoms. The molecule has 1 heterocycles. The highest BCUT2D eigenvalue weighted by Crippen LogP contribution is 2.20. The van der Waals surface area contributed by atoms with Gasteiger partial charge in [0.2, 0.25) is 10.0 Å². The monoisotopic (exact) mass is 517 g/mol. The lowest BCUT2D eigenvalue weighted by atomic mass is 9.99. The Morgan fingerprint density at radius 3 is 2.30 bits per heavy atom. The Morgan fingerprint density at radius 1 is 1.15 bits per heavy atom. The first-order valence-corrected chi connectivity index (χ1v) is 11.8. The van der Waals surface area contributed by atoms with Gasteiger partial charge in [-0.1, -0.05) is 13.3 Å². The number of hydrogen-bond acceptors (Lipinski definition) is 4. The Hall–Kier alpha value is -0.130. The van der Waals surface area contributed by atoms with E-state index in [1.165, 1.54) is 29.8 Å². The van der Waals surface area contributed by atoms with E-state index in [1.54, 1.807) is 0 Å². The third kappa shape index (κ3) is 10.3. The maximum Gasteiger partial charge on any atom is 0.211 e. The number of hydrogen-bond donors (Lipinski definition) is 2. The number of piperidine rings is 1. The van der Waals surface area contributed by atoms with Gasteiger partial charge >= 0.3 is 0 Å². The van der Waals surface area contributed by atoms with E-state index < -0.39 is 10.0 Å². The second-order valence-corrected chi connectivity index (χ2v) is 9.57. The van der Waals surface area contributed by atoms with E-state index in [9.17, 15) is 8.42 Å². The molecule has 0 unspecified atom stereocenters. The van der Waals surface area contributed by atoms with E-state index in [4.69, 9.17) is 4.99 Å². The predicted octanol–water partition coefficient (Wildman–Crippen LogP) is 2.10. The van der Waals surface area contributed by atoms with Crippen LogP contribution in [-0.2, 0) is 10.0 Å². The van der Waals surface area contributed by atoms with E-state index in [1.807, 2.05) is 6.92 Å². The molecule has 0 amide bonds. The van der Waals surface area contributed by atoms with Gasteiger partial charge in [0.15, 0.2) is 5.96 Å². The molecule has 0 aromatic carbocycles. The van der Waals surface area contributed by atoms with Crippen LogP contribution in [-0.4, -0.2) is 81.2 Å². The largest absolute Gasteiger partial charge is 0.357 e. The van der Waals surface area contributed by atoms with Crippen LogP contribution < -0.4 is 10.6 Å². The highest BCUT2D eigenvalue weighted by molar-refractivity contribution is 14.0. The Labute approximate surface area is 183 Å². The van der Waals surface area contributed by atoms with E-state index in [0.29, 0.717) is 19.6 Å². The lowest BCUT2D eigenvalue weighted by Crippen LogP contribution is -2.49. The fourth-order valence-electron chi connectivity index (χ4n) is 3.23. The third-order valence-electron chi connectivity index (χ3n) is 4.88. The molecule has 1 rings (SSSR count). The van der Waals surface area contributed by atoms with Gasteiger partial charge in [-0.2, -0.15) is 0 Å². The summed E-state index contributed by atoms with van der Waals surface area (Å²) in [6, 6.07) is 0. The first-order valence-electron chi connectivity index (χ1n) is 9.93. The molecule has 1 fully saturated rings. The van der Waals surface area contributed by atoms with E-state index >= 15 is 0 Å². The molecule has 9 heteroatoms. The quantitative estimate of drug-likeness (QED) is 0.201. The molecular formula is C18H40IN5O2S. The van der Waals surface area contributed by atoms with Gasteiger partial charge in [-0.05, 0) is 53.1 Å². The minimum atomic E-state index is -3.11. The molecule has 1 saturated heterocycles. The smallest absolute Gasteiger partial charge is 0.211 e. The van der Waals surface area contributed by atoms with Crippen LogP contribution in [0.1, 0.15) is 53.4 Å². The zero-order valence-electron chi connectivity index (χ0n) is 17.8. The second kappa shape index (κ2) is 13.2. The molecule has 0 atom stereocenters. The maximum atomic E-state index is 11.6. The van der Waals surface area contributed by atoms with Crippen LogP contribution in [0.25, 0.3) is 0 Å². The number of rotatable bonds is 10. The van der Waals surface area contributed by atoms with E-state index in [0.717, 1.165) is 38.6 Å². The summed E-state index contributed by atoms with van der Waals surface area (Å²) >= 11 is 0. The average molecular weight is 518 g/mol. The summed E-state index contributed by atoms with van der Waals surface area (Å²) in [5, 5.41) is 6.60.